The van der Waals surface area contributed by atoms with E-state index < -0.39 is 0 Å². The summed E-state index contributed by atoms with van der Waals surface area (Å²) in [5.41, 5.74) is 8.55. The molecule has 0 aromatic heterocycles. The van der Waals surface area contributed by atoms with Gasteiger partial charge < -0.3 is 10.6 Å². The van der Waals surface area contributed by atoms with E-state index in [0.717, 1.165) is 38.4 Å². The summed E-state index contributed by atoms with van der Waals surface area (Å²) in [6.07, 6.45) is 1.15. The second kappa shape index (κ2) is 5.54. The molecule has 0 radical (unpaired) electrons. The Bertz CT molecular complexity index is 511. The van der Waals surface area contributed by atoms with Gasteiger partial charge in [0.1, 0.15) is 5.84 Å². The molecule has 0 saturated carbocycles. The van der Waals surface area contributed by atoms with Gasteiger partial charge in [-0.15, -0.1) is 0 Å². The van der Waals surface area contributed by atoms with Crippen molar-refractivity contribution in [2.75, 3.05) is 40.3 Å². The number of benzene rings is 1. The number of aliphatic imine (C=N–C) groups is 1. The third kappa shape index (κ3) is 2.34. The summed E-state index contributed by atoms with van der Waals surface area (Å²) < 4.78 is 0. The van der Waals surface area contributed by atoms with Crippen LogP contribution in [0.1, 0.15) is 23.6 Å². The highest BCUT2D eigenvalue weighted by molar-refractivity contribution is 6.01. The van der Waals surface area contributed by atoms with Crippen molar-refractivity contribution in [2.24, 2.45) is 16.6 Å². The van der Waals surface area contributed by atoms with Gasteiger partial charge in [-0.3, -0.25) is 9.89 Å². The molecule has 0 aliphatic carbocycles. The molecule has 2 aliphatic rings. The molecule has 0 amide bonds. The molecule has 2 unspecified atom stereocenters. The summed E-state index contributed by atoms with van der Waals surface area (Å²) in [4.78, 5) is 9.38. The lowest BCUT2D eigenvalue weighted by atomic mass is 9.95. The molecule has 108 valence electrons. The topological polar surface area (TPSA) is 44.9 Å². The van der Waals surface area contributed by atoms with Gasteiger partial charge in [0.25, 0.3) is 0 Å². The van der Waals surface area contributed by atoms with Gasteiger partial charge in [0.05, 0.1) is 6.54 Å². The molecule has 2 atom stereocenters. The maximum atomic E-state index is 5.86. The van der Waals surface area contributed by atoms with E-state index in [4.69, 9.17) is 5.73 Å². The Morgan fingerprint density at radius 2 is 2.10 bits per heavy atom. The van der Waals surface area contributed by atoms with Crippen molar-refractivity contribution in [2.45, 2.75) is 12.5 Å². The standard InChI is InChI=1S/C16H24N4/c1-19-8-7-18-16(19)14-6-4-3-5-13(14)15-9-12(10-17)11-20(15)2/h3-6,12,15H,7-11,17H2,1-2H3. The van der Waals surface area contributed by atoms with Crippen LogP contribution in [0, 0.1) is 5.92 Å². The number of rotatable bonds is 3. The van der Waals surface area contributed by atoms with Gasteiger partial charge in [0.2, 0.25) is 0 Å². The zero-order valence-electron chi connectivity index (χ0n) is 12.4. The Morgan fingerprint density at radius 1 is 1.30 bits per heavy atom. The molecule has 1 fully saturated rings. The summed E-state index contributed by atoms with van der Waals surface area (Å²) in [5, 5.41) is 0. The van der Waals surface area contributed by atoms with Crippen LogP contribution in [0.25, 0.3) is 0 Å². The quantitative estimate of drug-likeness (QED) is 0.903. The molecule has 3 rings (SSSR count). The first-order valence-corrected chi connectivity index (χ1v) is 7.46. The first kappa shape index (κ1) is 13.6. The van der Waals surface area contributed by atoms with Gasteiger partial charge in [0.15, 0.2) is 0 Å². The molecule has 2 N–H and O–H groups in total. The van der Waals surface area contributed by atoms with Crippen LogP contribution in [0.15, 0.2) is 29.3 Å². The number of hydrogen-bond donors (Lipinski definition) is 1. The third-order valence-corrected chi connectivity index (χ3v) is 4.59. The van der Waals surface area contributed by atoms with Gasteiger partial charge >= 0.3 is 0 Å². The number of likely N-dealkylation sites (tertiary alicyclic amines) is 1. The summed E-state index contributed by atoms with van der Waals surface area (Å²) in [5.74, 6) is 1.76. The second-order valence-electron chi connectivity index (χ2n) is 6.01. The zero-order chi connectivity index (χ0) is 14.1. The third-order valence-electron chi connectivity index (χ3n) is 4.59. The van der Waals surface area contributed by atoms with E-state index in [9.17, 15) is 0 Å². The van der Waals surface area contributed by atoms with E-state index in [1.807, 2.05) is 0 Å². The monoisotopic (exact) mass is 272 g/mol. The van der Waals surface area contributed by atoms with E-state index >= 15 is 0 Å². The van der Waals surface area contributed by atoms with Crippen LogP contribution in [0.4, 0.5) is 0 Å². The smallest absolute Gasteiger partial charge is 0.131 e. The zero-order valence-corrected chi connectivity index (χ0v) is 12.4. The Hall–Kier alpha value is -1.39. The fourth-order valence-corrected chi connectivity index (χ4v) is 3.45. The highest BCUT2D eigenvalue weighted by atomic mass is 15.2. The van der Waals surface area contributed by atoms with E-state index in [0.29, 0.717) is 12.0 Å². The Balaban J connectivity index is 1.94. The van der Waals surface area contributed by atoms with Crippen molar-refractivity contribution in [3.63, 3.8) is 0 Å². The SMILES string of the molecule is CN1CCN=C1c1ccccc1C1CC(CN)CN1C. The summed E-state index contributed by atoms with van der Waals surface area (Å²) in [6, 6.07) is 9.18. The van der Waals surface area contributed by atoms with Crippen molar-refractivity contribution in [3.05, 3.63) is 35.4 Å². The average molecular weight is 272 g/mol. The molecule has 4 nitrogen and oxygen atoms in total. The van der Waals surface area contributed by atoms with Gasteiger partial charge in [-0.25, -0.2) is 0 Å². The molecule has 0 spiro atoms. The maximum Gasteiger partial charge on any atom is 0.131 e. The fourth-order valence-electron chi connectivity index (χ4n) is 3.45. The van der Waals surface area contributed by atoms with Crippen molar-refractivity contribution in [1.29, 1.82) is 0 Å². The first-order valence-electron chi connectivity index (χ1n) is 7.46. The molecule has 20 heavy (non-hydrogen) atoms. The number of nitrogens with two attached hydrogens (primary N) is 1. The highest BCUT2D eigenvalue weighted by Gasteiger charge is 2.32. The predicted molar refractivity (Wildman–Crippen MR) is 83.0 cm³/mol. The largest absolute Gasteiger partial charge is 0.358 e. The lowest BCUT2D eigenvalue weighted by Gasteiger charge is -2.24. The minimum Gasteiger partial charge on any atom is -0.358 e. The Morgan fingerprint density at radius 3 is 2.75 bits per heavy atom. The molecular weight excluding hydrogens is 248 g/mol. The number of likely N-dealkylation sites (N-methyl/N-ethyl adjacent to an activating group) is 1. The van der Waals surface area contributed by atoms with Crippen molar-refractivity contribution in [3.8, 4) is 0 Å². The van der Waals surface area contributed by atoms with Crippen LogP contribution in [0.3, 0.4) is 0 Å². The van der Waals surface area contributed by atoms with Gasteiger partial charge in [-0.2, -0.15) is 0 Å². The van der Waals surface area contributed by atoms with Gasteiger partial charge in [0, 0.05) is 31.7 Å². The maximum absolute atomic E-state index is 5.86. The van der Waals surface area contributed by atoms with Gasteiger partial charge in [-0.1, -0.05) is 24.3 Å². The minimum atomic E-state index is 0.469. The molecule has 4 heteroatoms. The van der Waals surface area contributed by atoms with E-state index in [-0.39, 0.29) is 0 Å². The average Bonchev–Trinajstić information content (AvgIpc) is 3.04. The minimum absolute atomic E-state index is 0.469. The predicted octanol–water partition coefficient (Wildman–Crippen LogP) is 1.33. The number of hydrogen-bond acceptors (Lipinski definition) is 4. The lowest BCUT2D eigenvalue weighted by molar-refractivity contribution is 0.313. The van der Waals surface area contributed by atoms with Crippen LogP contribution in [0.2, 0.25) is 0 Å². The molecule has 2 aliphatic heterocycles. The summed E-state index contributed by atoms with van der Waals surface area (Å²) in [6.45, 7) is 3.81. The molecular formula is C16H24N4. The van der Waals surface area contributed by atoms with E-state index in [2.05, 4.69) is 53.2 Å². The second-order valence-corrected chi connectivity index (χ2v) is 6.01. The van der Waals surface area contributed by atoms with Crippen molar-refractivity contribution in [1.82, 2.24) is 9.80 Å². The van der Waals surface area contributed by atoms with Gasteiger partial charge in [-0.05, 0) is 31.5 Å². The molecule has 1 aromatic rings. The van der Waals surface area contributed by atoms with Crippen LogP contribution < -0.4 is 5.73 Å². The summed E-state index contributed by atoms with van der Waals surface area (Å²) in [7, 11) is 4.33. The normalized spacial score (nSPS) is 27.1. The Labute approximate surface area is 121 Å². The lowest BCUT2D eigenvalue weighted by Crippen LogP contribution is -2.26. The molecule has 1 aromatic carbocycles. The fraction of sp³-hybridized carbons (Fsp3) is 0.562. The number of nitrogens with zero attached hydrogens (tertiary/aromatic N) is 3. The van der Waals surface area contributed by atoms with E-state index in [1.165, 1.54) is 11.1 Å². The molecule has 1 saturated heterocycles. The van der Waals surface area contributed by atoms with Crippen LogP contribution in [0.5, 0.6) is 0 Å². The molecule has 0 bridgehead atoms. The van der Waals surface area contributed by atoms with E-state index in [1.54, 1.807) is 0 Å². The highest BCUT2D eigenvalue weighted by Crippen LogP contribution is 2.35. The Kier molecular flexibility index (Phi) is 3.76. The van der Waals surface area contributed by atoms with Crippen molar-refractivity contribution < 1.29 is 0 Å². The molecule has 2 heterocycles. The summed E-state index contributed by atoms with van der Waals surface area (Å²) >= 11 is 0. The van der Waals surface area contributed by atoms with Crippen LogP contribution in [-0.2, 0) is 0 Å². The van der Waals surface area contributed by atoms with Crippen LogP contribution >= 0.6 is 0 Å². The number of amidine groups is 1. The first-order chi connectivity index (χ1) is 9.70. The van der Waals surface area contributed by atoms with Crippen LogP contribution in [-0.4, -0.2) is 55.9 Å². The van der Waals surface area contributed by atoms with Crippen molar-refractivity contribution >= 4 is 5.84 Å².